The minimum Gasteiger partial charge on any atom is -0.388 e. The lowest BCUT2D eigenvalue weighted by molar-refractivity contribution is -0.122. The lowest BCUT2D eigenvalue weighted by Gasteiger charge is -2.16. The van der Waals surface area contributed by atoms with Crippen molar-refractivity contribution in [2.75, 3.05) is 18.9 Å². The van der Waals surface area contributed by atoms with Crippen LogP contribution >= 0.6 is 0 Å². The van der Waals surface area contributed by atoms with Crippen LogP contribution in [0.2, 0.25) is 0 Å². The number of hydrogen-bond acceptors (Lipinski definition) is 3. The molecular weight excluding hydrogens is 288 g/mol. The molecule has 0 bridgehead atoms. The zero-order valence-corrected chi connectivity index (χ0v) is 10.6. The van der Waals surface area contributed by atoms with Crippen molar-refractivity contribution in [2.24, 2.45) is 0 Å². The second-order valence-electron chi connectivity index (χ2n) is 3.66. The second-order valence-corrected chi connectivity index (χ2v) is 5.43. The molecule has 0 aliphatic carbocycles. The number of halogens is 4. The molecular formula is C10H12F4N2O2S. The summed E-state index contributed by atoms with van der Waals surface area (Å²) < 4.78 is 73.7. The Morgan fingerprint density at radius 3 is 2.16 bits per heavy atom. The number of hydrogen-bond donors (Lipinski definition) is 2. The molecule has 1 rings (SSSR count). The number of nitrogens with one attached hydrogen (secondary N) is 2. The van der Waals surface area contributed by atoms with Crippen molar-refractivity contribution < 1.29 is 26.0 Å². The zero-order chi connectivity index (χ0) is 14.7. The van der Waals surface area contributed by atoms with Crippen molar-refractivity contribution in [1.82, 2.24) is 4.72 Å². The monoisotopic (exact) mass is 300 g/mol. The van der Waals surface area contributed by atoms with Crippen molar-refractivity contribution in [1.29, 1.82) is 0 Å². The molecule has 2 N–H and O–H groups in total. The maximum Gasteiger partial charge on any atom is 0.320 e. The summed E-state index contributed by atoms with van der Waals surface area (Å²) in [7, 11) is -2.63. The van der Waals surface area contributed by atoms with Gasteiger partial charge in [0.2, 0.25) is 10.0 Å². The summed E-state index contributed by atoms with van der Waals surface area (Å²) >= 11 is 0. The molecule has 9 heteroatoms. The Morgan fingerprint density at radius 2 is 1.74 bits per heavy atom. The Labute approximate surface area is 107 Å². The van der Waals surface area contributed by atoms with Crippen molar-refractivity contribution in [2.45, 2.75) is 17.2 Å². The van der Waals surface area contributed by atoms with Crippen LogP contribution in [0.5, 0.6) is 0 Å². The summed E-state index contributed by atoms with van der Waals surface area (Å²) in [4.78, 5) is -0.281. The Balaban J connectivity index is 2.81. The van der Waals surface area contributed by atoms with Gasteiger partial charge in [0.05, 0.1) is 11.4 Å². The standard InChI is InChI=1S/C10H12F4N2O2S/c1-15-7-2-4-8(5-3-7)19(17,18)16-6-10(13,14)9(11)12/h2-5,9,15-16H,6H2,1H3. The minimum atomic E-state index is -4.40. The fraction of sp³-hybridized carbons (Fsp3) is 0.400. The van der Waals surface area contributed by atoms with Gasteiger partial charge >= 0.3 is 12.3 Å². The normalized spacial score (nSPS) is 12.7. The van der Waals surface area contributed by atoms with Gasteiger partial charge < -0.3 is 5.32 Å². The molecule has 0 heterocycles. The van der Waals surface area contributed by atoms with Crippen molar-refractivity contribution in [3.8, 4) is 0 Å². The van der Waals surface area contributed by atoms with Gasteiger partial charge in [-0.15, -0.1) is 0 Å². The van der Waals surface area contributed by atoms with E-state index in [1.54, 1.807) is 7.05 Å². The molecule has 19 heavy (non-hydrogen) atoms. The summed E-state index contributed by atoms with van der Waals surface area (Å²) in [5.74, 6) is -4.40. The van der Waals surface area contributed by atoms with Gasteiger partial charge in [-0.25, -0.2) is 21.9 Å². The smallest absolute Gasteiger partial charge is 0.320 e. The quantitative estimate of drug-likeness (QED) is 0.789. The van der Waals surface area contributed by atoms with Gasteiger partial charge in [-0.05, 0) is 24.3 Å². The number of benzene rings is 1. The van der Waals surface area contributed by atoms with Gasteiger partial charge in [0, 0.05) is 12.7 Å². The van der Waals surface area contributed by atoms with Gasteiger partial charge in [-0.1, -0.05) is 0 Å². The van der Waals surface area contributed by atoms with Crippen LogP contribution in [-0.2, 0) is 10.0 Å². The molecule has 0 saturated carbocycles. The largest absolute Gasteiger partial charge is 0.388 e. The Morgan fingerprint density at radius 1 is 1.21 bits per heavy atom. The van der Waals surface area contributed by atoms with Crippen molar-refractivity contribution in [3.05, 3.63) is 24.3 Å². The highest BCUT2D eigenvalue weighted by Crippen LogP contribution is 2.22. The molecule has 0 saturated heterocycles. The molecule has 1 aromatic rings. The maximum absolute atomic E-state index is 12.6. The van der Waals surface area contributed by atoms with Crippen molar-refractivity contribution in [3.63, 3.8) is 0 Å². The molecule has 0 aromatic heterocycles. The van der Waals surface area contributed by atoms with E-state index in [4.69, 9.17) is 0 Å². The first-order chi connectivity index (χ1) is 8.69. The summed E-state index contributed by atoms with van der Waals surface area (Å²) in [5.41, 5.74) is 0.622. The number of rotatable bonds is 6. The maximum atomic E-state index is 12.6. The van der Waals surface area contributed by atoms with Gasteiger partial charge in [-0.2, -0.15) is 8.78 Å². The van der Waals surface area contributed by atoms with Crippen LogP contribution in [0.4, 0.5) is 23.2 Å². The molecule has 0 aliphatic heterocycles. The first-order valence-electron chi connectivity index (χ1n) is 5.12. The van der Waals surface area contributed by atoms with Gasteiger partial charge in [0.1, 0.15) is 0 Å². The van der Waals surface area contributed by atoms with E-state index in [0.717, 1.165) is 0 Å². The molecule has 4 nitrogen and oxygen atoms in total. The molecule has 0 fully saturated rings. The minimum absolute atomic E-state index is 0.281. The van der Waals surface area contributed by atoms with Crippen molar-refractivity contribution >= 4 is 15.7 Å². The average Bonchev–Trinajstić information content (AvgIpc) is 2.36. The Kier molecular flexibility index (Phi) is 4.75. The van der Waals surface area contributed by atoms with Crippen LogP contribution in [0, 0.1) is 0 Å². The number of sulfonamides is 1. The second kappa shape index (κ2) is 5.74. The molecule has 0 spiro atoms. The van der Waals surface area contributed by atoms with Crippen LogP contribution in [0.25, 0.3) is 0 Å². The molecule has 0 atom stereocenters. The fourth-order valence-electron chi connectivity index (χ4n) is 1.15. The molecule has 108 valence electrons. The lowest BCUT2D eigenvalue weighted by Crippen LogP contribution is -2.41. The van der Waals surface area contributed by atoms with E-state index in [0.29, 0.717) is 5.69 Å². The molecule has 0 radical (unpaired) electrons. The third-order valence-corrected chi connectivity index (χ3v) is 3.69. The average molecular weight is 300 g/mol. The molecule has 0 unspecified atom stereocenters. The Bertz CT molecular complexity index is 517. The summed E-state index contributed by atoms with van der Waals surface area (Å²) in [6, 6.07) is 5.18. The highest BCUT2D eigenvalue weighted by atomic mass is 32.2. The highest BCUT2D eigenvalue weighted by Gasteiger charge is 2.41. The first kappa shape index (κ1) is 15.7. The third-order valence-electron chi connectivity index (χ3n) is 2.27. The van der Waals surface area contributed by atoms with Crippen LogP contribution in [-0.4, -0.2) is 34.4 Å². The Hall–Kier alpha value is -1.35. The van der Waals surface area contributed by atoms with E-state index in [1.165, 1.54) is 29.0 Å². The fourth-order valence-corrected chi connectivity index (χ4v) is 2.20. The van der Waals surface area contributed by atoms with E-state index in [2.05, 4.69) is 5.32 Å². The number of anilines is 1. The van der Waals surface area contributed by atoms with E-state index in [-0.39, 0.29) is 4.90 Å². The highest BCUT2D eigenvalue weighted by molar-refractivity contribution is 7.89. The van der Waals surface area contributed by atoms with E-state index in [9.17, 15) is 26.0 Å². The topological polar surface area (TPSA) is 58.2 Å². The van der Waals surface area contributed by atoms with Crippen LogP contribution in [0.15, 0.2) is 29.2 Å². The predicted molar refractivity (Wildman–Crippen MR) is 62.1 cm³/mol. The van der Waals surface area contributed by atoms with E-state index >= 15 is 0 Å². The van der Waals surface area contributed by atoms with Gasteiger partial charge in [-0.3, -0.25) is 0 Å². The zero-order valence-electron chi connectivity index (χ0n) is 9.83. The first-order valence-corrected chi connectivity index (χ1v) is 6.61. The SMILES string of the molecule is CNc1ccc(S(=O)(=O)NCC(F)(F)C(F)F)cc1. The van der Waals surface area contributed by atoms with Gasteiger partial charge in [0.15, 0.2) is 0 Å². The third kappa shape index (κ3) is 4.06. The van der Waals surface area contributed by atoms with E-state index < -0.39 is 28.9 Å². The molecule has 0 amide bonds. The van der Waals surface area contributed by atoms with Gasteiger partial charge in [0.25, 0.3) is 0 Å². The summed E-state index contributed by atoms with van der Waals surface area (Å²) in [6.07, 6.45) is -3.93. The van der Waals surface area contributed by atoms with Crippen LogP contribution in [0.1, 0.15) is 0 Å². The molecule has 1 aromatic carbocycles. The summed E-state index contributed by atoms with van der Waals surface area (Å²) in [5, 5.41) is 2.74. The number of alkyl halides is 4. The predicted octanol–water partition coefficient (Wildman–Crippen LogP) is 1.91. The van der Waals surface area contributed by atoms with E-state index in [1.807, 2.05) is 0 Å². The van der Waals surface area contributed by atoms with Crippen LogP contribution in [0.3, 0.4) is 0 Å². The van der Waals surface area contributed by atoms with Crippen LogP contribution < -0.4 is 10.0 Å². The molecule has 0 aliphatic rings. The summed E-state index contributed by atoms with van der Waals surface area (Å²) in [6.45, 7) is -1.65. The lowest BCUT2D eigenvalue weighted by atomic mass is 10.3.